The number of rotatable bonds is 2. The van der Waals surface area contributed by atoms with Gasteiger partial charge in [-0.05, 0) is 18.6 Å². The number of hydrogen-bond donors (Lipinski definition) is 2. The Morgan fingerprint density at radius 3 is 2.77 bits per heavy atom. The Hall–Kier alpha value is -0.640. The molecule has 1 rings (SSSR count). The molecule has 0 aliphatic carbocycles. The van der Waals surface area contributed by atoms with Gasteiger partial charge in [0.25, 0.3) is 0 Å². The molecule has 72 valence electrons. The quantitative estimate of drug-likeness (QED) is 0.770. The van der Waals surface area contributed by atoms with E-state index in [0.29, 0.717) is 5.02 Å². The Balaban J connectivity index is 3.25. The molecule has 0 aliphatic rings. The molecule has 0 saturated carbocycles. The minimum absolute atomic E-state index is 0.184. The molecule has 0 heterocycles. The van der Waals surface area contributed by atoms with Crippen molar-refractivity contribution in [1.82, 2.24) is 0 Å². The van der Waals surface area contributed by atoms with Gasteiger partial charge in [-0.15, -0.1) is 0 Å². The van der Waals surface area contributed by atoms with Crippen molar-refractivity contribution in [2.75, 3.05) is 6.61 Å². The smallest absolute Gasteiger partial charge is 0.129 e. The van der Waals surface area contributed by atoms with E-state index in [2.05, 4.69) is 0 Å². The first-order valence-corrected chi connectivity index (χ1v) is 4.26. The van der Waals surface area contributed by atoms with E-state index >= 15 is 0 Å². The Morgan fingerprint density at radius 2 is 2.23 bits per heavy atom. The lowest BCUT2D eigenvalue weighted by molar-refractivity contribution is 0.265. The van der Waals surface area contributed by atoms with Gasteiger partial charge in [-0.3, -0.25) is 0 Å². The van der Waals surface area contributed by atoms with Crippen LogP contribution in [0.1, 0.15) is 17.2 Å². The van der Waals surface area contributed by atoms with Crippen molar-refractivity contribution in [3.8, 4) is 0 Å². The van der Waals surface area contributed by atoms with Crippen LogP contribution in [-0.4, -0.2) is 11.7 Å². The molecule has 0 radical (unpaired) electrons. The Kier molecular flexibility index (Phi) is 3.25. The molecule has 1 aromatic carbocycles. The van der Waals surface area contributed by atoms with Crippen molar-refractivity contribution in [1.29, 1.82) is 0 Å². The van der Waals surface area contributed by atoms with Crippen LogP contribution in [0.5, 0.6) is 0 Å². The summed E-state index contributed by atoms with van der Waals surface area (Å²) in [6.45, 7) is 1.44. The standard InChI is InChI=1S/C9H11ClFNO/c1-5-2-3-6(11)8(9(5)10)7(12)4-13/h2-3,7,13H,4,12H2,1H3/t7-/m0/s1. The molecule has 0 aliphatic heterocycles. The summed E-state index contributed by atoms with van der Waals surface area (Å²) in [5.41, 5.74) is 6.43. The summed E-state index contributed by atoms with van der Waals surface area (Å²) in [6.07, 6.45) is 0. The molecule has 2 nitrogen and oxygen atoms in total. The third-order valence-corrected chi connectivity index (χ3v) is 2.39. The molecule has 0 spiro atoms. The van der Waals surface area contributed by atoms with Gasteiger partial charge < -0.3 is 10.8 Å². The normalized spacial score (nSPS) is 13.0. The number of nitrogens with two attached hydrogens (primary N) is 1. The maximum absolute atomic E-state index is 13.2. The van der Waals surface area contributed by atoms with Gasteiger partial charge in [-0.1, -0.05) is 17.7 Å². The monoisotopic (exact) mass is 203 g/mol. The zero-order valence-electron chi connectivity index (χ0n) is 7.22. The van der Waals surface area contributed by atoms with Crippen molar-refractivity contribution < 1.29 is 9.50 Å². The lowest BCUT2D eigenvalue weighted by atomic mass is 10.0. The van der Waals surface area contributed by atoms with Crippen LogP contribution in [0.25, 0.3) is 0 Å². The highest BCUT2D eigenvalue weighted by Crippen LogP contribution is 2.27. The first kappa shape index (κ1) is 10.4. The molecule has 1 atom stereocenters. The second-order valence-electron chi connectivity index (χ2n) is 2.88. The molecule has 0 amide bonds. The van der Waals surface area contributed by atoms with Crippen LogP contribution in [0.4, 0.5) is 4.39 Å². The van der Waals surface area contributed by atoms with Crippen LogP contribution in [0.2, 0.25) is 5.02 Å². The van der Waals surface area contributed by atoms with Crippen molar-refractivity contribution in [2.24, 2.45) is 5.73 Å². The van der Waals surface area contributed by atoms with E-state index in [4.69, 9.17) is 22.4 Å². The van der Waals surface area contributed by atoms with Gasteiger partial charge in [0.2, 0.25) is 0 Å². The molecule has 13 heavy (non-hydrogen) atoms. The summed E-state index contributed by atoms with van der Waals surface area (Å²) in [6, 6.07) is 2.12. The Bertz CT molecular complexity index is 317. The van der Waals surface area contributed by atoms with Gasteiger partial charge in [0, 0.05) is 5.56 Å². The minimum Gasteiger partial charge on any atom is -0.394 e. The van der Waals surface area contributed by atoms with E-state index in [1.807, 2.05) is 0 Å². The van der Waals surface area contributed by atoms with Crippen LogP contribution in [0, 0.1) is 12.7 Å². The van der Waals surface area contributed by atoms with Gasteiger partial charge >= 0.3 is 0 Å². The second kappa shape index (κ2) is 4.05. The first-order valence-electron chi connectivity index (χ1n) is 3.89. The zero-order chi connectivity index (χ0) is 10.0. The van der Waals surface area contributed by atoms with E-state index in [9.17, 15) is 4.39 Å². The summed E-state index contributed by atoms with van der Waals surface area (Å²) < 4.78 is 13.2. The molecule has 0 fully saturated rings. The number of aliphatic hydroxyl groups excluding tert-OH is 1. The number of halogens is 2. The maximum atomic E-state index is 13.2. The van der Waals surface area contributed by atoms with Gasteiger partial charge in [0.15, 0.2) is 0 Å². The largest absolute Gasteiger partial charge is 0.394 e. The van der Waals surface area contributed by atoms with E-state index in [1.54, 1.807) is 13.0 Å². The molecule has 0 saturated heterocycles. The van der Waals surface area contributed by atoms with E-state index < -0.39 is 11.9 Å². The molecule has 0 bridgehead atoms. The predicted octanol–water partition coefficient (Wildman–Crippen LogP) is 1.78. The fourth-order valence-corrected chi connectivity index (χ4v) is 1.40. The average Bonchev–Trinajstić information content (AvgIpc) is 2.12. The number of benzene rings is 1. The zero-order valence-corrected chi connectivity index (χ0v) is 7.98. The lowest BCUT2D eigenvalue weighted by Gasteiger charge is -2.13. The molecular formula is C9H11ClFNO. The highest BCUT2D eigenvalue weighted by atomic mass is 35.5. The van der Waals surface area contributed by atoms with Crippen LogP contribution in [0.3, 0.4) is 0 Å². The van der Waals surface area contributed by atoms with E-state index in [1.165, 1.54) is 6.07 Å². The molecular weight excluding hydrogens is 193 g/mol. The van der Waals surface area contributed by atoms with E-state index in [0.717, 1.165) is 5.56 Å². The average molecular weight is 204 g/mol. The van der Waals surface area contributed by atoms with Crippen molar-refractivity contribution in [3.63, 3.8) is 0 Å². The third kappa shape index (κ3) is 1.99. The van der Waals surface area contributed by atoms with Crippen LogP contribution in [-0.2, 0) is 0 Å². The van der Waals surface area contributed by atoms with E-state index in [-0.39, 0.29) is 12.2 Å². The highest BCUT2D eigenvalue weighted by molar-refractivity contribution is 6.32. The van der Waals surface area contributed by atoms with Gasteiger partial charge in [0.05, 0.1) is 17.7 Å². The summed E-state index contributed by atoms with van der Waals surface area (Å²) in [4.78, 5) is 0. The van der Waals surface area contributed by atoms with Crippen LogP contribution >= 0.6 is 11.6 Å². The number of hydrogen-bond acceptors (Lipinski definition) is 2. The molecule has 1 aromatic rings. The maximum Gasteiger partial charge on any atom is 0.129 e. The Labute approximate surface area is 81.1 Å². The highest BCUT2D eigenvalue weighted by Gasteiger charge is 2.15. The third-order valence-electron chi connectivity index (χ3n) is 1.89. The van der Waals surface area contributed by atoms with Gasteiger partial charge in [-0.25, -0.2) is 4.39 Å². The van der Waals surface area contributed by atoms with Crippen molar-refractivity contribution in [3.05, 3.63) is 34.1 Å². The van der Waals surface area contributed by atoms with Crippen LogP contribution < -0.4 is 5.73 Å². The molecule has 3 N–H and O–H groups in total. The molecule has 4 heteroatoms. The predicted molar refractivity (Wildman–Crippen MR) is 50.2 cm³/mol. The fraction of sp³-hybridized carbons (Fsp3) is 0.333. The second-order valence-corrected chi connectivity index (χ2v) is 3.26. The summed E-state index contributed by atoms with van der Waals surface area (Å²) in [5, 5.41) is 9.07. The van der Waals surface area contributed by atoms with Gasteiger partial charge in [-0.2, -0.15) is 0 Å². The Morgan fingerprint density at radius 1 is 1.62 bits per heavy atom. The summed E-state index contributed by atoms with van der Waals surface area (Å²) in [5.74, 6) is -0.475. The van der Waals surface area contributed by atoms with Crippen LogP contribution in [0.15, 0.2) is 12.1 Å². The van der Waals surface area contributed by atoms with Crippen molar-refractivity contribution >= 4 is 11.6 Å². The molecule has 0 unspecified atom stereocenters. The first-order chi connectivity index (χ1) is 6.07. The summed E-state index contributed by atoms with van der Waals surface area (Å²) >= 11 is 5.84. The SMILES string of the molecule is Cc1ccc(F)c([C@@H](N)CO)c1Cl. The lowest BCUT2D eigenvalue weighted by Crippen LogP contribution is -2.17. The molecule has 0 aromatic heterocycles. The minimum atomic E-state index is -0.757. The van der Waals surface area contributed by atoms with Gasteiger partial charge in [0.1, 0.15) is 5.82 Å². The summed E-state index contributed by atoms with van der Waals surface area (Å²) in [7, 11) is 0. The number of aryl methyl sites for hydroxylation is 1. The fourth-order valence-electron chi connectivity index (χ4n) is 1.11. The topological polar surface area (TPSA) is 46.2 Å². The number of aliphatic hydroxyl groups is 1. The van der Waals surface area contributed by atoms with Crippen molar-refractivity contribution in [2.45, 2.75) is 13.0 Å².